The Bertz CT molecular complexity index is 4090. The molecule has 9 rings (SSSR count). The van der Waals surface area contributed by atoms with E-state index in [1.807, 2.05) is 0 Å². The van der Waals surface area contributed by atoms with Gasteiger partial charge >= 0.3 is 31.3 Å². The summed E-state index contributed by atoms with van der Waals surface area (Å²) >= 11 is 0.797. The van der Waals surface area contributed by atoms with Gasteiger partial charge in [-0.3, -0.25) is 71.7 Å². The summed E-state index contributed by atoms with van der Waals surface area (Å²) in [5.74, 6) is -4.04. The minimum Gasteiger partial charge on any atom is -0.453 e. The number of benzene rings is 3. The van der Waals surface area contributed by atoms with Gasteiger partial charge in [-0.25, -0.2) is 13.6 Å². The molecular formula is C70H82F4N9O18PS. The first kappa shape index (κ1) is 77.8. The van der Waals surface area contributed by atoms with E-state index in [2.05, 4.69) is 33.1 Å². The lowest BCUT2D eigenvalue weighted by Crippen LogP contribution is -2.62. The normalized spacial score (nSPS) is 19.6. The summed E-state index contributed by atoms with van der Waals surface area (Å²) < 4.78 is 102. The van der Waals surface area contributed by atoms with Gasteiger partial charge in [0.05, 0.1) is 29.4 Å². The molecule has 4 fully saturated rings. The van der Waals surface area contributed by atoms with Gasteiger partial charge in [-0.2, -0.15) is 8.78 Å². The van der Waals surface area contributed by atoms with Crippen LogP contribution in [-0.2, 0) is 89.6 Å². The summed E-state index contributed by atoms with van der Waals surface area (Å²) in [7, 11) is -4.65. The van der Waals surface area contributed by atoms with E-state index in [0.717, 1.165) is 42.7 Å². The van der Waals surface area contributed by atoms with Crippen LogP contribution in [0.3, 0.4) is 0 Å². The van der Waals surface area contributed by atoms with Crippen LogP contribution in [0.1, 0.15) is 154 Å². The second-order valence-electron chi connectivity index (χ2n) is 27.9. The number of thiophene rings is 1. The maximum Gasteiger partial charge on any atom is 0.410 e. The van der Waals surface area contributed by atoms with Crippen LogP contribution < -0.4 is 27.0 Å². The van der Waals surface area contributed by atoms with Crippen LogP contribution >= 0.6 is 18.9 Å². The van der Waals surface area contributed by atoms with Crippen LogP contribution in [0.25, 0.3) is 10.1 Å². The molecule has 1 unspecified atom stereocenters. The van der Waals surface area contributed by atoms with Crippen molar-refractivity contribution in [1.82, 2.24) is 40.9 Å². The fourth-order valence-corrected chi connectivity index (χ4v) is 14.9. The predicted octanol–water partition coefficient (Wildman–Crippen LogP) is 6.79. The third-order valence-corrected chi connectivity index (χ3v) is 21.4. The number of nitrogens with one attached hydrogen (secondary N) is 4. The van der Waals surface area contributed by atoms with E-state index in [0.29, 0.717) is 42.4 Å². The smallest absolute Gasteiger partial charge is 0.410 e. The molecule has 33 heteroatoms. The van der Waals surface area contributed by atoms with Crippen molar-refractivity contribution in [3.05, 3.63) is 105 Å². The number of imide groups is 1. The minimum atomic E-state index is -5.76. The fourth-order valence-electron chi connectivity index (χ4n) is 12.7. The fraction of sp³-hybridized carbons (Fsp3) is 0.514. The molecule has 4 saturated heterocycles. The summed E-state index contributed by atoms with van der Waals surface area (Å²) in [6.45, 7) is 6.41. The van der Waals surface area contributed by atoms with E-state index in [1.54, 1.807) is 18.2 Å². The van der Waals surface area contributed by atoms with Crippen molar-refractivity contribution in [2.75, 3.05) is 46.9 Å². The monoisotopic (exact) mass is 1480 g/mol. The highest BCUT2D eigenvalue weighted by atomic mass is 32.1. The van der Waals surface area contributed by atoms with Gasteiger partial charge in [-0.05, 0) is 158 Å². The van der Waals surface area contributed by atoms with Crippen molar-refractivity contribution in [2.45, 2.75) is 167 Å². The lowest BCUT2D eigenvalue weighted by Gasteiger charge is -2.38. The van der Waals surface area contributed by atoms with Crippen LogP contribution in [0.4, 0.5) is 22.4 Å². The van der Waals surface area contributed by atoms with Gasteiger partial charge in [0, 0.05) is 79.3 Å². The van der Waals surface area contributed by atoms with E-state index in [9.17, 15) is 66.1 Å². The summed E-state index contributed by atoms with van der Waals surface area (Å²) in [6, 6.07) is 4.79. The number of primary amides is 1. The zero-order valence-corrected chi connectivity index (χ0v) is 59.5. The number of esters is 2. The molecule has 0 aliphatic carbocycles. The molecule has 10 amide bonds. The first-order valence-electron chi connectivity index (χ1n) is 33.6. The largest absolute Gasteiger partial charge is 0.453 e. The summed E-state index contributed by atoms with van der Waals surface area (Å²) in [5.41, 5.74) is -0.295. The Morgan fingerprint density at radius 1 is 0.796 bits per heavy atom. The number of nitrogens with two attached hydrogens (primary N) is 1. The van der Waals surface area contributed by atoms with Gasteiger partial charge in [-0.15, -0.1) is 11.3 Å². The van der Waals surface area contributed by atoms with Gasteiger partial charge in [-0.1, -0.05) is 30.0 Å². The van der Waals surface area contributed by atoms with Crippen molar-refractivity contribution in [3.63, 3.8) is 0 Å². The molecule has 1 aromatic heterocycles. The lowest BCUT2D eigenvalue weighted by atomic mass is 9.91. The van der Waals surface area contributed by atoms with E-state index >= 15 is 13.6 Å². The number of carbonyl (C=O) groups excluding carboxylic acids is 12. The first-order chi connectivity index (χ1) is 48.6. The van der Waals surface area contributed by atoms with Crippen molar-refractivity contribution in [1.29, 1.82) is 0 Å². The maximum atomic E-state index is 16.7. The SMILES string of the molecule is COC(=O)N1CC[C@H]2CC[C@@H](C(=O)N[C@@H](CCC(N)=O)C(=O)N[C@@H](Cc3ccc(F)c(F)c3)C(=O)N3CCC(CCC#Cc4cccc5c4CN(C4CCC(=O)NC4=O)C5=O)CC3)N2C(=O)[C@@H](NC(=O)c2cc3cc(C(F)(F)P(=O)(OCOC(=O)C(C)(C)C)OCOC(=O)C(C)(C)C)ccc3s2)C1. The van der Waals surface area contributed by atoms with Crippen LogP contribution in [-0.4, -0.2) is 174 Å². The molecule has 6 heterocycles. The minimum absolute atomic E-state index is 0.00167. The molecule has 5 aliphatic rings. The van der Waals surface area contributed by atoms with Crippen LogP contribution in [0, 0.1) is 40.2 Å². The number of amides is 10. The summed E-state index contributed by atoms with van der Waals surface area (Å²) in [6.07, 6.45) is 0.677. The number of halogens is 4. The molecule has 0 bridgehead atoms. The molecule has 103 heavy (non-hydrogen) atoms. The van der Waals surface area contributed by atoms with Gasteiger partial charge in [0.2, 0.25) is 54.9 Å². The van der Waals surface area contributed by atoms with Gasteiger partial charge < -0.3 is 55.5 Å². The summed E-state index contributed by atoms with van der Waals surface area (Å²) in [5, 5.41) is 10.2. The Labute approximate surface area is 594 Å². The third-order valence-electron chi connectivity index (χ3n) is 18.5. The Hall–Kier alpha value is -9.31. The highest BCUT2D eigenvalue weighted by molar-refractivity contribution is 7.54. The average Bonchev–Trinajstić information content (AvgIpc) is 1.76. The zero-order valence-electron chi connectivity index (χ0n) is 57.8. The number of hydrogen-bond acceptors (Lipinski definition) is 19. The topological polar surface area (TPSA) is 355 Å². The lowest BCUT2D eigenvalue weighted by molar-refractivity contribution is -0.163. The number of hydrogen-bond donors (Lipinski definition) is 5. The van der Waals surface area contributed by atoms with Crippen molar-refractivity contribution >= 4 is 100 Å². The quantitative estimate of drug-likeness (QED) is 0.00970. The molecule has 0 saturated carbocycles. The van der Waals surface area contributed by atoms with Gasteiger partial charge in [0.25, 0.3) is 11.8 Å². The number of likely N-dealkylation sites (tertiary alicyclic amines) is 1. The second kappa shape index (κ2) is 32.6. The predicted molar refractivity (Wildman–Crippen MR) is 360 cm³/mol. The van der Waals surface area contributed by atoms with Crippen LogP contribution in [0.5, 0.6) is 0 Å². The van der Waals surface area contributed by atoms with Gasteiger partial charge in [0.1, 0.15) is 30.2 Å². The number of ether oxygens (including phenoxy) is 3. The molecule has 6 atom stereocenters. The van der Waals surface area contributed by atoms with E-state index in [1.165, 1.54) is 79.3 Å². The highest BCUT2D eigenvalue weighted by Gasteiger charge is 2.56. The zero-order chi connectivity index (χ0) is 75.0. The van der Waals surface area contributed by atoms with E-state index in [4.69, 9.17) is 29.0 Å². The van der Waals surface area contributed by atoms with Gasteiger partial charge in [0.15, 0.2) is 11.6 Å². The Balaban J connectivity index is 0.877. The number of methoxy groups -OCH3 is 1. The molecule has 4 aromatic rings. The molecule has 3 aromatic carbocycles. The molecule has 554 valence electrons. The molecule has 0 radical (unpaired) electrons. The highest BCUT2D eigenvalue weighted by Crippen LogP contribution is 2.67. The molecular weight excluding hydrogens is 1390 g/mol. The Morgan fingerprint density at radius 3 is 2.12 bits per heavy atom. The van der Waals surface area contributed by atoms with E-state index < -0.39 is 176 Å². The number of rotatable bonds is 23. The Kier molecular flexibility index (Phi) is 24.6. The third kappa shape index (κ3) is 18.6. The van der Waals surface area contributed by atoms with Crippen LogP contribution in [0.15, 0.2) is 60.7 Å². The number of alkyl halides is 2. The molecule has 27 nitrogen and oxygen atoms in total. The van der Waals surface area contributed by atoms with Crippen molar-refractivity contribution < 1.29 is 103 Å². The van der Waals surface area contributed by atoms with Crippen LogP contribution in [0.2, 0.25) is 0 Å². The number of nitrogens with zero attached hydrogens (tertiary/aromatic N) is 4. The standard InChI is InChI=1S/C70H82F4N9O18PS/c1-68(2,3)65(93)98-37-100-102(96,101-38-99-66(94)69(4,5)6)70(73,74)43-16-22-54-42(33-43)34-55(103-54)61(89)78-51-36-81(67(95)97-7)30-27-44-17-20-53(83(44)64(51)92)60(88)76-49(19-23-56(75)84)58(86)77-50(32-40-15-18-47(71)48(72)31-40)63(91)80-28-25-39(26-29-80)11-8-9-12-41-13-10-14-45-46(41)35-82(62(45)90)52-21-24-57(85)79-59(52)87/h10,13-16,18,22,31,33-34,39,44,49-53H,8,11,17,19-21,23-30,32,35-38H2,1-7H3,(H2,75,84)(H,76,88)(H,77,86)(H,78,89)(H,79,85,87)/t44-,49+,50+,51+,52?,53+/m1/s1. The molecule has 0 spiro atoms. The van der Waals surface area contributed by atoms with Crippen molar-refractivity contribution in [2.24, 2.45) is 22.5 Å². The molecule has 6 N–H and O–H groups in total. The maximum absolute atomic E-state index is 16.7. The average molecular weight is 1480 g/mol. The number of piperidine rings is 2. The number of fused-ring (bicyclic) bond motifs is 3. The summed E-state index contributed by atoms with van der Waals surface area (Å²) in [4.78, 5) is 167. The number of carbonyl (C=O) groups is 12. The Morgan fingerprint density at radius 2 is 1.48 bits per heavy atom. The second-order valence-corrected chi connectivity index (χ2v) is 31.1. The first-order valence-corrected chi connectivity index (χ1v) is 35.9. The van der Waals surface area contributed by atoms with Crippen molar-refractivity contribution in [3.8, 4) is 11.8 Å². The molecule has 5 aliphatic heterocycles. The van der Waals surface area contributed by atoms with E-state index in [-0.39, 0.29) is 97.1 Å².